The quantitative estimate of drug-likeness (QED) is 0.0253. The van der Waals surface area contributed by atoms with Gasteiger partial charge in [-0.25, -0.2) is 27.7 Å². The lowest BCUT2D eigenvalue weighted by Crippen LogP contribution is -2.70. The summed E-state index contributed by atoms with van der Waals surface area (Å²) < 4.78 is 85.4. The van der Waals surface area contributed by atoms with Gasteiger partial charge in [0.1, 0.15) is 62.5 Å². The highest BCUT2D eigenvalue weighted by Crippen LogP contribution is 2.73. The molecule has 47 heteroatoms. The number of aliphatic hydroxyl groups is 4. The SMILES string of the molecule is C=C(CN(C)C(=O)CN(C)C(=O)CN(C)C(=O)CN(C)C(=O)CN(C)C(=O)CN(C)C(=O)CN(C)C(=O)CN(C)C(=O)c1cc(N2C(=O)C=CC2=O)ccc1CCC(=O)NCCC(=O)Nc1cc(COC(=O)N(CC)COCC(=O)[C@@]23O[C@H](c4cccc(F)c4)O[C@@H]2C[C@H]2[C@@H]4C[C@H](F)C5=CC(=O)C=C[C@]5(C)[C@@]4(F)[C@@H](O)C[C@@]23C)ccc1O[C@@H]1O[C@H](C(=O)O)[C@@H](O)[C@H](O)[C@H]1O)N(C)CC(=O)N(C)CC(=O)O. The highest BCUT2D eigenvalue weighted by molar-refractivity contribution is 6.28. The van der Waals surface area contributed by atoms with Crippen LogP contribution in [0.4, 0.5) is 29.3 Å². The number of likely N-dealkylation sites (N-methyl/N-ethyl adjacent to an activating group) is 10. The number of rotatable bonds is 42. The van der Waals surface area contributed by atoms with Gasteiger partial charge in [-0.05, 0) is 111 Å². The Morgan fingerprint density at radius 1 is 0.607 bits per heavy atom. The van der Waals surface area contributed by atoms with Gasteiger partial charge in [-0.15, -0.1) is 0 Å². The molecule has 0 aromatic heterocycles. The zero-order valence-corrected chi connectivity index (χ0v) is 79.5. The number of halogens is 3. The van der Waals surface area contributed by atoms with Gasteiger partial charge in [-0.1, -0.05) is 43.8 Å². The van der Waals surface area contributed by atoms with Crippen LogP contribution in [0, 0.1) is 28.5 Å². The van der Waals surface area contributed by atoms with E-state index in [2.05, 4.69) is 17.2 Å². The molecule has 140 heavy (non-hydrogen) atoms. The van der Waals surface area contributed by atoms with Crippen LogP contribution in [0.15, 0.2) is 109 Å². The Morgan fingerprint density at radius 3 is 1.69 bits per heavy atom. The van der Waals surface area contributed by atoms with Gasteiger partial charge in [0.2, 0.25) is 65.4 Å². The summed E-state index contributed by atoms with van der Waals surface area (Å²) >= 11 is 0. The number of carboxylic acid groups (broad SMARTS) is 2. The van der Waals surface area contributed by atoms with E-state index in [1.807, 2.05) is 0 Å². The summed E-state index contributed by atoms with van der Waals surface area (Å²) in [5.41, 5.74) is -7.69. The molecule has 15 atom stereocenters. The predicted octanol–water partition coefficient (Wildman–Crippen LogP) is -0.844. The summed E-state index contributed by atoms with van der Waals surface area (Å²) in [7, 11) is 13.2. The molecule has 44 nitrogen and oxygen atoms in total. The molecule has 3 aromatic rings. The Morgan fingerprint density at radius 2 is 1.15 bits per heavy atom. The Bertz CT molecular complexity index is 5450. The molecule has 5 fully saturated rings. The van der Waals surface area contributed by atoms with Crippen molar-refractivity contribution in [2.24, 2.45) is 22.7 Å². The molecule has 3 aromatic carbocycles. The van der Waals surface area contributed by atoms with E-state index >= 15 is 13.6 Å². The van der Waals surface area contributed by atoms with Crippen LogP contribution in [0.1, 0.15) is 86.2 Å². The van der Waals surface area contributed by atoms with Crippen molar-refractivity contribution in [3.8, 4) is 5.75 Å². The molecule has 3 saturated carbocycles. The number of nitrogens with one attached hydrogen (secondary N) is 2. The molecule has 10 rings (SSSR count). The summed E-state index contributed by atoms with van der Waals surface area (Å²) in [6.07, 6.45) is -14.4. The first-order valence-corrected chi connectivity index (χ1v) is 44.5. The molecule has 8 N–H and O–H groups in total. The molecule has 4 aliphatic carbocycles. The van der Waals surface area contributed by atoms with Crippen molar-refractivity contribution in [1.29, 1.82) is 0 Å². The van der Waals surface area contributed by atoms with Crippen LogP contribution < -0.4 is 20.3 Å². The topological polar surface area (TPSA) is 547 Å². The second kappa shape index (κ2) is 45.2. The van der Waals surface area contributed by atoms with E-state index in [1.165, 1.54) is 148 Å². The minimum atomic E-state index is -2.54. The van der Waals surface area contributed by atoms with Crippen molar-refractivity contribution in [3.05, 3.63) is 137 Å². The number of anilines is 2. The van der Waals surface area contributed by atoms with Crippen molar-refractivity contribution < 1.29 is 159 Å². The number of alkyl halides is 2. The summed E-state index contributed by atoms with van der Waals surface area (Å²) in [4.78, 5) is 251. The third-order valence-corrected chi connectivity index (χ3v) is 26.5. The molecule has 0 bridgehead atoms. The molecule has 2 saturated heterocycles. The van der Waals surface area contributed by atoms with Crippen LogP contribution >= 0.6 is 0 Å². The number of carbonyl (C=O) groups is 18. The average Bonchev–Trinajstić information content (AvgIpc) is 1.48. The highest BCUT2D eigenvalue weighted by atomic mass is 19.1. The summed E-state index contributed by atoms with van der Waals surface area (Å²) in [6, 6.07) is 12.9. The number of benzene rings is 3. The van der Waals surface area contributed by atoms with Crippen molar-refractivity contribution >= 4 is 118 Å². The van der Waals surface area contributed by atoms with Crippen molar-refractivity contribution in [3.63, 3.8) is 0 Å². The number of amides is 14. The Kier molecular flexibility index (Phi) is 35.1. The molecule has 7 aliphatic rings. The fourth-order valence-electron chi connectivity index (χ4n) is 18.2. The molecule has 3 heterocycles. The molecule has 3 aliphatic heterocycles. The van der Waals surface area contributed by atoms with Crippen molar-refractivity contribution in [2.75, 3.05) is 173 Å². The maximum atomic E-state index is 18.3. The summed E-state index contributed by atoms with van der Waals surface area (Å²) in [5, 5.41) is 68.1. The van der Waals surface area contributed by atoms with E-state index in [0.29, 0.717) is 5.70 Å². The monoisotopic (exact) mass is 1970 g/mol. The lowest BCUT2D eigenvalue weighted by atomic mass is 9.44. The van der Waals surface area contributed by atoms with Crippen LogP contribution in [0.25, 0.3) is 0 Å². The van der Waals surface area contributed by atoms with E-state index in [9.17, 15) is 111 Å². The van der Waals surface area contributed by atoms with Gasteiger partial charge < -0.3 is 119 Å². The zero-order chi connectivity index (χ0) is 104. The van der Waals surface area contributed by atoms with E-state index in [-0.39, 0.29) is 90.4 Å². The molecule has 0 unspecified atom stereocenters. The fourth-order valence-corrected chi connectivity index (χ4v) is 18.2. The number of imide groups is 1. The molecule has 14 amide bonds. The minimum Gasteiger partial charge on any atom is -0.480 e. The molecule has 0 radical (unpaired) electrons. The van der Waals surface area contributed by atoms with Gasteiger partial charge in [0, 0.05) is 142 Å². The van der Waals surface area contributed by atoms with Gasteiger partial charge in [0.25, 0.3) is 17.7 Å². The number of aryl methyl sites for hydroxylation is 1. The number of allylic oxidation sites excluding steroid dienone is 4. The molecule has 0 spiro atoms. The van der Waals surface area contributed by atoms with Crippen LogP contribution in [-0.4, -0.2) is 414 Å². The summed E-state index contributed by atoms with van der Waals surface area (Å²) in [5.74, 6) is -16.7. The first-order valence-electron chi connectivity index (χ1n) is 44.5. The number of carbonyl (C=O) groups excluding carboxylic acids is 16. The number of carboxylic acids is 2. The van der Waals surface area contributed by atoms with Gasteiger partial charge in [0.05, 0.1) is 82.5 Å². The average molecular weight is 1970 g/mol. The van der Waals surface area contributed by atoms with E-state index in [0.717, 1.165) is 79.4 Å². The lowest BCUT2D eigenvalue weighted by Gasteiger charge is -2.63. The van der Waals surface area contributed by atoms with Crippen LogP contribution in [0.3, 0.4) is 0 Å². The second-order valence-electron chi connectivity index (χ2n) is 36.3. The van der Waals surface area contributed by atoms with Crippen LogP contribution in [-0.2, 0) is 113 Å². The van der Waals surface area contributed by atoms with Gasteiger partial charge >= 0.3 is 18.0 Å². The number of hydrogen-bond donors (Lipinski definition) is 8. The Hall–Kier alpha value is -13.5. The molecular weight excluding hydrogens is 1850 g/mol. The first-order chi connectivity index (χ1) is 65.7. The third kappa shape index (κ3) is 24.0. The van der Waals surface area contributed by atoms with Gasteiger partial charge in [-0.3, -0.25) is 81.6 Å². The molecule has 760 valence electrons. The maximum Gasteiger partial charge on any atom is 0.411 e. The van der Waals surface area contributed by atoms with Gasteiger partial charge in [0.15, 0.2) is 35.2 Å². The number of aliphatic hydroxyl groups excluding tert-OH is 4. The molecular formula is C93H117F3N14O30. The third-order valence-electron chi connectivity index (χ3n) is 26.5. The number of nitrogens with zero attached hydrogens (tertiary/aromatic N) is 12. The number of Topliss-reactive ketones (excluding diaryl/α,β-unsaturated/α-hetero) is 1. The predicted molar refractivity (Wildman–Crippen MR) is 482 cm³/mol. The van der Waals surface area contributed by atoms with E-state index in [4.69, 9.17) is 33.5 Å². The number of ether oxygens (including phenoxy) is 6. The van der Waals surface area contributed by atoms with Crippen molar-refractivity contribution in [2.45, 2.75) is 133 Å². The van der Waals surface area contributed by atoms with Crippen molar-refractivity contribution in [1.82, 2.24) is 59.2 Å². The Balaban J connectivity index is 0.712. The second-order valence-corrected chi connectivity index (χ2v) is 36.3. The minimum absolute atomic E-state index is 0.0525. The Labute approximate surface area is 802 Å². The van der Waals surface area contributed by atoms with Crippen LogP contribution in [0.2, 0.25) is 0 Å². The van der Waals surface area contributed by atoms with Crippen LogP contribution in [0.5, 0.6) is 5.75 Å². The highest BCUT2D eigenvalue weighted by Gasteiger charge is 2.80. The fraction of sp³-hybridized carbons (Fsp3) is 0.527. The largest absolute Gasteiger partial charge is 0.480 e. The van der Waals surface area contributed by atoms with E-state index < -0.39 is 293 Å². The normalized spacial score (nSPS) is 24.5. The standard InChI is InChI=1S/C93H117F3N14O30/c1-15-109(50-135-49-66(113)93-67(138-87(140-93)54-17-16-18-55(94)32-54)36-59-60-35-62(95)61-34-57(111)27-29-90(61,3)92(60,96)65(112)37-91(59,93)4)89(134)136-48-52-19-23-64(137-88-83(130)81(128)82(129)84(139-88)86(132)133)63(31-52)98-69(115)28-30-97-68(114)24-21-53-20-22-56(110-70(116)25-26-71(110)117)33-58(53)85(131)108(14)46-79(125)106(12)45-78(124)105(11)44-77(123)104(10)43-76(122)103(9)42-75(121)102(8)41-74(120)101(7)40-73(119)100(6)38-51(2)99(5)39-72(118)107(13)47-80(126)127/h16-20,22-23,25-27,29,31-34,59-60,62,65,67,81-84,87-88,112,128-130H,2,15,21,24,28,30,35-50H2,1,3-14H3,(H,97,114)(H,98,115)(H,126,127)(H,132,133)/t59-,60-,62-,65-,67+,81-,82-,83+,84-,87+,88+,90-,91-,92-,93+/m0/s1. The van der Waals surface area contributed by atoms with E-state index in [1.54, 1.807) is 13.8 Å². The number of hydrogen-bond acceptors (Lipinski definition) is 29. The summed E-state index contributed by atoms with van der Waals surface area (Å²) in [6.45, 7) is 1.25. The lowest BCUT2D eigenvalue weighted by molar-refractivity contribution is -0.271. The zero-order valence-electron chi connectivity index (χ0n) is 79.5. The number of fused-ring (bicyclic) bond motifs is 7. The number of aliphatic carboxylic acids is 2. The number of ketones is 2. The first kappa shape index (κ1) is 109. The maximum absolute atomic E-state index is 18.3. The van der Waals surface area contributed by atoms with Gasteiger partial charge in [-0.2, -0.15) is 0 Å². The smallest absolute Gasteiger partial charge is 0.411 e.